The first-order valence-electron chi connectivity index (χ1n) is 6.21. The van der Waals surface area contributed by atoms with Crippen molar-refractivity contribution in [2.75, 3.05) is 26.2 Å². The Morgan fingerprint density at radius 2 is 2.56 bits per heavy atom. The molecule has 2 heterocycles. The van der Waals surface area contributed by atoms with Crippen LogP contribution in [0.2, 0.25) is 0 Å². The number of aromatic nitrogens is 1. The van der Waals surface area contributed by atoms with Crippen molar-refractivity contribution in [1.29, 1.82) is 0 Å². The predicted molar refractivity (Wildman–Crippen MR) is 69.0 cm³/mol. The summed E-state index contributed by atoms with van der Waals surface area (Å²) in [7, 11) is 0. The smallest absolute Gasteiger partial charge is 0.0794 e. The quantitative estimate of drug-likeness (QED) is 0.820. The van der Waals surface area contributed by atoms with Gasteiger partial charge < -0.3 is 10.2 Å². The summed E-state index contributed by atoms with van der Waals surface area (Å²) in [5.41, 5.74) is 3.17. The van der Waals surface area contributed by atoms with Gasteiger partial charge in [0.05, 0.1) is 11.2 Å². The van der Waals surface area contributed by atoms with Crippen molar-refractivity contribution in [2.24, 2.45) is 0 Å². The van der Waals surface area contributed by atoms with Crippen molar-refractivity contribution in [2.45, 2.75) is 32.2 Å². The van der Waals surface area contributed by atoms with Crippen LogP contribution in [-0.2, 0) is 6.42 Å². The Morgan fingerprint density at radius 1 is 1.62 bits per heavy atom. The summed E-state index contributed by atoms with van der Waals surface area (Å²) in [6, 6.07) is 0.718. The Balaban J connectivity index is 1.65. The zero-order chi connectivity index (χ0) is 11.2. The average Bonchev–Trinajstić information content (AvgIpc) is 2.95. The average molecular weight is 239 g/mol. The van der Waals surface area contributed by atoms with Gasteiger partial charge in [0, 0.05) is 30.9 Å². The van der Waals surface area contributed by atoms with E-state index in [1.54, 1.807) is 11.3 Å². The van der Waals surface area contributed by atoms with Gasteiger partial charge in [0.2, 0.25) is 0 Å². The largest absolute Gasteiger partial charge is 0.313 e. The molecule has 1 saturated heterocycles. The molecule has 0 bridgehead atoms. The molecule has 3 nitrogen and oxygen atoms in total. The third kappa shape index (κ3) is 3.54. The molecule has 90 valence electrons. The zero-order valence-corrected chi connectivity index (χ0v) is 10.8. The van der Waals surface area contributed by atoms with Crippen LogP contribution in [0.15, 0.2) is 10.9 Å². The molecule has 0 spiro atoms. The van der Waals surface area contributed by atoms with Crippen LogP contribution in [0, 0.1) is 0 Å². The van der Waals surface area contributed by atoms with E-state index < -0.39 is 0 Å². The molecule has 1 N–H and O–H groups in total. The van der Waals surface area contributed by atoms with E-state index in [2.05, 4.69) is 27.5 Å². The van der Waals surface area contributed by atoms with Crippen LogP contribution in [0.5, 0.6) is 0 Å². The number of likely N-dealkylation sites (tertiary alicyclic amines) is 1. The van der Waals surface area contributed by atoms with Gasteiger partial charge in [0.1, 0.15) is 0 Å². The van der Waals surface area contributed by atoms with Gasteiger partial charge in [-0.25, -0.2) is 4.98 Å². The first-order chi connectivity index (χ1) is 7.88. The van der Waals surface area contributed by atoms with Crippen molar-refractivity contribution in [3.63, 3.8) is 0 Å². The minimum absolute atomic E-state index is 0.718. The van der Waals surface area contributed by atoms with E-state index in [0.29, 0.717) is 0 Å². The van der Waals surface area contributed by atoms with E-state index in [1.807, 2.05) is 5.51 Å². The minimum atomic E-state index is 0.718. The molecule has 1 aliphatic heterocycles. The maximum Gasteiger partial charge on any atom is 0.0794 e. The number of hydrogen-bond acceptors (Lipinski definition) is 4. The number of nitrogens with one attached hydrogen (secondary N) is 1. The van der Waals surface area contributed by atoms with Crippen LogP contribution in [0.3, 0.4) is 0 Å². The zero-order valence-electron chi connectivity index (χ0n) is 9.98. The number of nitrogens with zero attached hydrogens (tertiary/aromatic N) is 2. The highest BCUT2D eigenvalue weighted by Crippen LogP contribution is 2.10. The van der Waals surface area contributed by atoms with Crippen LogP contribution in [0.1, 0.15) is 25.5 Å². The van der Waals surface area contributed by atoms with Crippen molar-refractivity contribution >= 4 is 11.3 Å². The Hall–Kier alpha value is -0.450. The Kier molecular flexibility index (Phi) is 4.75. The third-order valence-electron chi connectivity index (χ3n) is 3.12. The van der Waals surface area contributed by atoms with Crippen molar-refractivity contribution in [3.05, 3.63) is 16.6 Å². The van der Waals surface area contributed by atoms with Gasteiger partial charge in [-0.1, -0.05) is 6.92 Å². The van der Waals surface area contributed by atoms with Gasteiger partial charge in [-0.3, -0.25) is 0 Å². The first kappa shape index (κ1) is 12.0. The van der Waals surface area contributed by atoms with E-state index in [9.17, 15) is 0 Å². The van der Waals surface area contributed by atoms with E-state index in [1.165, 1.54) is 31.6 Å². The van der Waals surface area contributed by atoms with Crippen LogP contribution < -0.4 is 5.32 Å². The summed E-state index contributed by atoms with van der Waals surface area (Å²) in [6.07, 6.45) is 3.64. The SMILES string of the molecule is CCCNC1CCN(CCc2cscn2)C1. The molecule has 1 aromatic rings. The molecule has 1 atom stereocenters. The van der Waals surface area contributed by atoms with Crippen molar-refractivity contribution < 1.29 is 0 Å². The molecular weight excluding hydrogens is 218 g/mol. The Morgan fingerprint density at radius 3 is 3.31 bits per heavy atom. The summed E-state index contributed by atoms with van der Waals surface area (Å²) in [5.74, 6) is 0. The fraction of sp³-hybridized carbons (Fsp3) is 0.750. The lowest BCUT2D eigenvalue weighted by Crippen LogP contribution is -2.33. The highest BCUT2D eigenvalue weighted by Gasteiger charge is 2.21. The number of rotatable bonds is 6. The summed E-state index contributed by atoms with van der Waals surface area (Å²) in [5, 5.41) is 5.75. The normalized spacial score (nSPS) is 21.7. The molecule has 1 aromatic heterocycles. The van der Waals surface area contributed by atoms with Gasteiger partial charge in [-0.05, 0) is 25.9 Å². The molecule has 16 heavy (non-hydrogen) atoms. The lowest BCUT2D eigenvalue weighted by Gasteiger charge is -2.15. The van der Waals surface area contributed by atoms with E-state index in [4.69, 9.17) is 0 Å². The topological polar surface area (TPSA) is 28.2 Å². The first-order valence-corrected chi connectivity index (χ1v) is 7.15. The summed E-state index contributed by atoms with van der Waals surface area (Å²) >= 11 is 1.69. The van der Waals surface area contributed by atoms with E-state index >= 15 is 0 Å². The number of hydrogen-bond donors (Lipinski definition) is 1. The molecule has 2 rings (SSSR count). The highest BCUT2D eigenvalue weighted by molar-refractivity contribution is 7.07. The van der Waals surface area contributed by atoms with Gasteiger partial charge >= 0.3 is 0 Å². The lowest BCUT2D eigenvalue weighted by atomic mass is 10.2. The minimum Gasteiger partial charge on any atom is -0.313 e. The van der Waals surface area contributed by atoms with Crippen LogP contribution in [-0.4, -0.2) is 42.1 Å². The third-order valence-corrected chi connectivity index (χ3v) is 3.76. The van der Waals surface area contributed by atoms with E-state index in [-0.39, 0.29) is 0 Å². The molecular formula is C12H21N3S. The number of thiazole rings is 1. The second-order valence-electron chi connectivity index (χ2n) is 4.47. The molecule has 0 radical (unpaired) electrons. The van der Waals surface area contributed by atoms with Gasteiger partial charge in [0.25, 0.3) is 0 Å². The molecule has 1 aliphatic rings. The van der Waals surface area contributed by atoms with Crippen LogP contribution in [0.25, 0.3) is 0 Å². The second-order valence-corrected chi connectivity index (χ2v) is 5.19. The lowest BCUT2D eigenvalue weighted by molar-refractivity contribution is 0.331. The Bertz CT molecular complexity index is 286. The second kappa shape index (κ2) is 6.33. The van der Waals surface area contributed by atoms with Gasteiger partial charge in [-0.2, -0.15) is 0 Å². The fourth-order valence-corrected chi connectivity index (χ4v) is 2.78. The maximum atomic E-state index is 4.32. The summed E-state index contributed by atoms with van der Waals surface area (Å²) in [6.45, 7) is 7.00. The van der Waals surface area contributed by atoms with Crippen LogP contribution in [0.4, 0.5) is 0 Å². The highest BCUT2D eigenvalue weighted by atomic mass is 32.1. The Labute approximate surface area is 102 Å². The maximum absolute atomic E-state index is 4.32. The summed E-state index contributed by atoms with van der Waals surface area (Å²) < 4.78 is 0. The molecule has 1 fully saturated rings. The summed E-state index contributed by atoms with van der Waals surface area (Å²) in [4.78, 5) is 6.87. The standard InChI is InChI=1S/C12H21N3S/c1-2-5-13-11-3-6-15(8-11)7-4-12-9-16-10-14-12/h9-11,13H,2-8H2,1H3. The van der Waals surface area contributed by atoms with Crippen molar-refractivity contribution in [1.82, 2.24) is 15.2 Å². The van der Waals surface area contributed by atoms with Crippen molar-refractivity contribution in [3.8, 4) is 0 Å². The van der Waals surface area contributed by atoms with Crippen LogP contribution >= 0.6 is 11.3 Å². The molecule has 0 aliphatic carbocycles. The van der Waals surface area contributed by atoms with Gasteiger partial charge in [0.15, 0.2) is 0 Å². The monoisotopic (exact) mass is 239 g/mol. The molecule has 0 aromatic carbocycles. The van der Waals surface area contributed by atoms with Gasteiger partial charge in [-0.15, -0.1) is 11.3 Å². The predicted octanol–water partition coefficient (Wildman–Crippen LogP) is 1.76. The molecule has 4 heteroatoms. The molecule has 0 saturated carbocycles. The fourth-order valence-electron chi connectivity index (χ4n) is 2.18. The van der Waals surface area contributed by atoms with E-state index in [0.717, 1.165) is 25.6 Å². The molecule has 0 amide bonds. The molecule has 1 unspecified atom stereocenters.